The van der Waals surface area contributed by atoms with E-state index in [1.165, 1.54) is 37.8 Å². The Morgan fingerprint density at radius 3 is 2.16 bits per heavy atom. The lowest BCUT2D eigenvalue weighted by atomic mass is 9.83. The minimum absolute atomic E-state index is 0.272. The largest absolute Gasteiger partial charge is 0.388 e. The molecule has 1 aromatic carbocycles. The maximum absolute atomic E-state index is 10.5. The number of aliphatic hydroxyl groups is 1. The number of nitrogens with zero attached hydrogens (tertiary/aromatic N) is 1. The van der Waals surface area contributed by atoms with Crippen molar-refractivity contribution in [3.05, 3.63) is 29.8 Å². The summed E-state index contributed by atoms with van der Waals surface area (Å²) in [6.07, 6.45) is 5.98. The minimum atomic E-state index is -0.272. The Hall–Kier alpha value is -1.02. The zero-order chi connectivity index (χ0) is 13.7. The van der Waals surface area contributed by atoms with Crippen molar-refractivity contribution in [2.45, 2.75) is 52.1 Å². The molecular weight excluding hydrogens is 234 g/mol. The summed E-state index contributed by atoms with van der Waals surface area (Å²) in [5.74, 6) is 0.466. The highest BCUT2D eigenvalue weighted by Gasteiger charge is 2.22. The zero-order valence-corrected chi connectivity index (χ0v) is 12.3. The molecule has 1 N–H and O–H groups in total. The van der Waals surface area contributed by atoms with E-state index in [1.54, 1.807) is 0 Å². The molecule has 0 saturated heterocycles. The summed E-state index contributed by atoms with van der Waals surface area (Å²) >= 11 is 0. The first-order valence-electron chi connectivity index (χ1n) is 7.79. The molecule has 0 amide bonds. The topological polar surface area (TPSA) is 23.5 Å². The molecule has 1 atom stereocenters. The van der Waals surface area contributed by atoms with Crippen molar-refractivity contribution in [3.63, 3.8) is 0 Å². The van der Waals surface area contributed by atoms with Crippen molar-refractivity contribution in [1.82, 2.24) is 0 Å². The van der Waals surface area contributed by atoms with E-state index in [9.17, 15) is 5.11 Å². The van der Waals surface area contributed by atoms with E-state index in [0.29, 0.717) is 5.92 Å². The molecule has 1 aromatic rings. The van der Waals surface area contributed by atoms with Gasteiger partial charge in [0.1, 0.15) is 0 Å². The standard InChI is InChI=1S/C17H27NO/c1-3-18(4-2)16-12-10-15(11-13-16)17(19)14-8-6-5-7-9-14/h10-14,17,19H,3-9H2,1-2H3. The van der Waals surface area contributed by atoms with Gasteiger partial charge in [0.15, 0.2) is 0 Å². The van der Waals surface area contributed by atoms with Gasteiger partial charge in [-0.3, -0.25) is 0 Å². The second kappa shape index (κ2) is 6.95. The van der Waals surface area contributed by atoms with E-state index in [1.807, 2.05) is 0 Å². The van der Waals surface area contributed by atoms with Crippen molar-refractivity contribution in [1.29, 1.82) is 0 Å². The van der Waals surface area contributed by atoms with Gasteiger partial charge in [-0.25, -0.2) is 0 Å². The summed E-state index contributed by atoms with van der Waals surface area (Å²) in [6.45, 7) is 6.41. The molecule has 2 nitrogen and oxygen atoms in total. The molecule has 0 bridgehead atoms. The van der Waals surface area contributed by atoms with Crippen LogP contribution in [0.5, 0.6) is 0 Å². The van der Waals surface area contributed by atoms with E-state index in [-0.39, 0.29) is 6.10 Å². The first kappa shape index (κ1) is 14.4. The van der Waals surface area contributed by atoms with Crippen LogP contribution in [0.2, 0.25) is 0 Å². The van der Waals surface area contributed by atoms with Gasteiger partial charge >= 0.3 is 0 Å². The smallest absolute Gasteiger partial charge is 0.0818 e. The van der Waals surface area contributed by atoms with Crippen LogP contribution < -0.4 is 4.90 Å². The SMILES string of the molecule is CCN(CC)c1ccc(C(O)C2CCCCC2)cc1. The monoisotopic (exact) mass is 261 g/mol. The first-order valence-corrected chi connectivity index (χ1v) is 7.79. The van der Waals surface area contributed by atoms with Gasteiger partial charge in [0.05, 0.1) is 6.10 Å². The van der Waals surface area contributed by atoms with E-state index in [4.69, 9.17) is 0 Å². The van der Waals surface area contributed by atoms with E-state index >= 15 is 0 Å². The van der Waals surface area contributed by atoms with Crippen LogP contribution >= 0.6 is 0 Å². The lowest BCUT2D eigenvalue weighted by molar-refractivity contribution is 0.0848. The van der Waals surface area contributed by atoms with Crippen molar-refractivity contribution >= 4 is 5.69 Å². The van der Waals surface area contributed by atoms with Crippen LogP contribution in [0.4, 0.5) is 5.69 Å². The Balaban J connectivity index is 2.04. The van der Waals surface area contributed by atoms with Gasteiger partial charge in [-0.2, -0.15) is 0 Å². The Labute approximate surface area is 117 Å². The maximum atomic E-state index is 10.5. The Morgan fingerprint density at radius 2 is 1.63 bits per heavy atom. The third-order valence-corrected chi connectivity index (χ3v) is 4.46. The summed E-state index contributed by atoms with van der Waals surface area (Å²) in [7, 11) is 0. The molecule has 0 spiro atoms. The van der Waals surface area contributed by atoms with Gasteiger partial charge in [-0.1, -0.05) is 31.4 Å². The van der Waals surface area contributed by atoms with Gasteiger partial charge in [-0.05, 0) is 50.3 Å². The highest BCUT2D eigenvalue weighted by atomic mass is 16.3. The molecule has 1 aliphatic carbocycles. The molecule has 2 rings (SSSR count). The van der Waals surface area contributed by atoms with Crippen LogP contribution in [0.15, 0.2) is 24.3 Å². The molecule has 1 fully saturated rings. The van der Waals surface area contributed by atoms with Crippen molar-refractivity contribution in [3.8, 4) is 0 Å². The molecule has 1 unspecified atom stereocenters. The van der Waals surface area contributed by atoms with Crippen molar-refractivity contribution < 1.29 is 5.11 Å². The molecular formula is C17H27NO. The summed E-state index contributed by atoms with van der Waals surface area (Å²) in [5, 5.41) is 10.5. The maximum Gasteiger partial charge on any atom is 0.0818 e. The van der Waals surface area contributed by atoms with Gasteiger partial charge in [0.25, 0.3) is 0 Å². The van der Waals surface area contributed by atoms with E-state index < -0.39 is 0 Å². The van der Waals surface area contributed by atoms with Gasteiger partial charge in [0.2, 0.25) is 0 Å². The molecule has 0 heterocycles. The summed E-state index contributed by atoms with van der Waals surface area (Å²) in [5.41, 5.74) is 2.34. The molecule has 19 heavy (non-hydrogen) atoms. The Kier molecular flexibility index (Phi) is 5.26. The van der Waals surface area contributed by atoms with Crippen LogP contribution in [0, 0.1) is 5.92 Å². The zero-order valence-electron chi connectivity index (χ0n) is 12.3. The van der Waals surface area contributed by atoms with Gasteiger partial charge in [-0.15, -0.1) is 0 Å². The average Bonchev–Trinajstić information content (AvgIpc) is 2.49. The first-order chi connectivity index (χ1) is 9.26. The van der Waals surface area contributed by atoms with Crippen LogP contribution in [0.25, 0.3) is 0 Å². The summed E-state index contributed by atoms with van der Waals surface area (Å²) in [4.78, 5) is 2.33. The molecule has 0 radical (unpaired) electrons. The number of benzene rings is 1. The summed E-state index contributed by atoms with van der Waals surface area (Å²) in [6, 6.07) is 8.50. The van der Waals surface area contributed by atoms with Crippen molar-refractivity contribution in [2.75, 3.05) is 18.0 Å². The molecule has 2 heteroatoms. The van der Waals surface area contributed by atoms with Crippen LogP contribution in [-0.2, 0) is 0 Å². The highest BCUT2D eigenvalue weighted by molar-refractivity contribution is 5.47. The number of anilines is 1. The molecule has 106 valence electrons. The van der Waals surface area contributed by atoms with E-state index in [0.717, 1.165) is 18.7 Å². The predicted molar refractivity (Wildman–Crippen MR) is 81.5 cm³/mol. The second-order valence-electron chi connectivity index (χ2n) is 5.61. The lowest BCUT2D eigenvalue weighted by Crippen LogP contribution is -2.22. The third-order valence-electron chi connectivity index (χ3n) is 4.46. The highest BCUT2D eigenvalue weighted by Crippen LogP contribution is 2.34. The Morgan fingerprint density at radius 1 is 1.05 bits per heavy atom. The normalized spacial score (nSPS) is 18.3. The average molecular weight is 261 g/mol. The molecule has 0 aliphatic heterocycles. The lowest BCUT2D eigenvalue weighted by Gasteiger charge is -2.27. The van der Waals surface area contributed by atoms with Crippen molar-refractivity contribution in [2.24, 2.45) is 5.92 Å². The predicted octanol–water partition coefficient (Wildman–Crippen LogP) is 4.15. The Bertz CT molecular complexity index is 363. The fourth-order valence-electron chi connectivity index (χ4n) is 3.19. The van der Waals surface area contributed by atoms with Crippen LogP contribution in [0.1, 0.15) is 57.6 Å². The minimum Gasteiger partial charge on any atom is -0.388 e. The van der Waals surface area contributed by atoms with E-state index in [2.05, 4.69) is 43.0 Å². The molecule has 0 aromatic heterocycles. The number of rotatable bonds is 5. The molecule has 1 saturated carbocycles. The number of hydrogen-bond acceptors (Lipinski definition) is 2. The van der Waals surface area contributed by atoms with Crippen LogP contribution in [-0.4, -0.2) is 18.2 Å². The fourth-order valence-corrected chi connectivity index (χ4v) is 3.19. The quantitative estimate of drug-likeness (QED) is 0.861. The van der Waals surface area contributed by atoms with Gasteiger partial charge < -0.3 is 10.0 Å². The summed E-state index contributed by atoms with van der Waals surface area (Å²) < 4.78 is 0. The fraction of sp³-hybridized carbons (Fsp3) is 0.647. The second-order valence-corrected chi connectivity index (χ2v) is 5.61. The third kappa shape index (κ3) is 3.50. The van der Waals surface area contributed by atoms with Crippen LogP contribution in [0.3, 0.4) is 0 Å². The number of hydrogen-bond donors (Lipinski definition) is 1. The molecule has 1 aliphatic rings. The van der Waals surface area contributed by atoms with Gasteiger partial charge in [0, 0.05) is 18.8 Å². The number of aliphatic hydroxyl groups excluding tert-OH is 1.